The quantitative estimate of drug-likeness (QED) is 0.930. The lowest BCUT2D eigenvalue weighted by Gasteiger charge is -2.36. The van der Waals surface area contributed by atoms with Crippen LogP contribution in [0, 0.1) is 0 Å². The van der Waals surface area contributed by atoms with Crippen LogP contribution in [-0.4, -0.2) is 58.6 Å². The Labute approximate surface area is 149 Å². The zero-order chi connectivity index (χ0) is 17.8. The molecule has 2 heterocycles. The fourth-order valence-corrected chi connectivity index (χ4v) is 3.29. The number of nitrogens with zero attached hydrogens (tertiary/aromatic N) is 4. The van der Waals surface area contributed by atoms with Gasteiger partial charge in [0.2, 0.25) is 0 Å². The molecule has 1 aliphatic rings. The van der Waals surface area contributed by atoms with Gasteiger partial charge in [-0.1, -0.05) is 12.1 Å². The molecule has 0 bridgehead atoms. The summed E-state index contributed by atoms with van der Waals surface area (Å²) < 4.78 is 1.96. The second kappa shape index (κ2) is 7.70. The van der Waals surface area contributed by atoms with E-state index in [1.54, 1.807) is 12.5 Å². The van der Waals surface area contributed by atoms with Crippen molar-refractivity contribution in [2.24, 2.45) is 0 Å². The van der Waals surface area contributed by atoms with Crippen molar-refractivity contribution in [3.8, 4) is 5.69 Å². The number of imidazole rings is 1. The lowest BCUT2D eigenvalue weighted by atomic mass is 10.0. The molecule has 0 radical (unpaired) electrons. The number of hydrogen-bond acceptors (Lipinski definition) is 3. The van der Waals surface area contributed by atoms with Gasteiger partial charge < -0.3 is 19.7 Å². The van der Waals surface area contributed by atoms with Crippen LogP contribution in [0.4, 0.5) is 4.79 Å². The number of urea groups is 1. The van der Waals surface area contributed by atoms with Gasteiger partial charge in [0.1, 0.15) is 0 Å². The third-order valence-corrected chi connectivity index (χ3v) is 4.93. The van der Waals surface area contributed by atoms with E-state index >= 15 is 0 Å². The van der Waals surface area contributed by atoms with Crippen LogP contribution in [0.3, 0.4) is 0 Å². The molecule has 134 valence electrons. The van der Waals surface area contributed by atoms with Crippen LogP contribution in [0.2, 0.25) is 0 Å². The van der Waals surface area contributed by atoms with E-state index in [1.807, 2.05) is 40.8 Å². The average molecular weight is 341 g/mol. The highest BCUT2D eigenvalue weighted by atomic mass is 16.2. The molecule has 25 heavy (non-hydrogen) atoms. The standard InChI is InChI=1S/C19H27N5O/c1-15(16-6-4-7-17(12-16)24-11-9-20-14-24)21-19(25)23-10-5-8-18(13-23)22(2)3/h4,6-7,9,11-12,14-15,18H,5,8,10,13H2,1-3H3,(H,21,25)/t15-,18-/m1/s1. The number of likely N-dealkylation sites (N-methyl/N-ethyl adjacent to an activating group) is 1. The number of rotatable bonds is 4. The Morgan fingerprint density at radius 2 is 2.24 bits per heavy atom. The van der Waals surface area contributed by atoms with E-state index in [4.69, 9.17) is 0 Å². The normalized spacial score (nSPS) is 19.0. The van der Waals surface area contributed by atoms with Crippen molar-refractivity contribution in [1.29, 1.82) is 0 Å². The van der Waals surface area contributed by atoms with Gasteiger partial charge in [0.05, 0.1) is 12.4 Å². The van der Waals surface area contributed by atoms with Crippen molar-refractivity contribution >= 4 is 6.03 Å². The van der Waals surface area contributed by atoms with Crippen LogP contribution in [0.25, 0.3) is 5.69 Å². The number of nitrogens with one attached hydrogen (secondary N) is 1. The highest BCUT2D eigenvalue weighted by Gasteiger charge is 2.25. The maximum absolute atomic E-state index is 12.6. The average Bonchev–Trinajstić information content (AvgIpc) is 3.16. The molecule has 0 aliphatic carbocycles. The second-order valence-corrected chi connectivity index (χ2v) is 6.94. The van der Waals surface area contributed by atoms with Crippen LogP contribution < -0.4 is 5.32 Å². The molecule has 2 amide bonds. The highest BCUT2D eigenvalue weighted by molar-refractivity contribution is 5.75. The van der Waals surface area contributed by atoms with Gasteiger partial charge in [-0.15, -0.1) is 0 Å². The number of carbonyl (C=O) groups excluding carboxylic acids is 1. The summed E-state index contributed by atoms with van der Waals surface area (Å²) in [7, 11) is 4.16. The molecule has 0 spiro atoms. The molecule has 1 aromatic heterocycles. The zero-order valence-electron chi connectivity index (χ0n) is 15.2. The Bertz CT molecular complexity index is 698. The van der Waals surface area contributed by atoms with E-state index in [2.05, 4.69) is 35.4 Å². The fraction of sp³-hybridized carbons (Fsp3) is 0.474. The molecule has 1 aromatic carbocycles. The summed E-state index contributed by atoms with van der Waals surface area (Å²) in [5, 5.41) is 3.14. The molecule has 1 saturated heterocycles. The predicted molar refractivity (Wildman–Crippen MR) is 98.8 cm³/mol. The minimum Gasteiger partial charge on any atom is -0.331 e. The van der Waals surface area contributed by atoms with Crippen molar-refractivity contribution in [2.45, 2.75) is 31.8 Å². The summed E-state index contributed by atoms with van der Waals surface area (Å²) in [6.45, 7) is 3.65. The largest absolute Gasteiger partial charge is 0.331 e. The zero-order valence-corrected chi connectivity index (χ0v) is 15.2. The van der Waals surface area contributed by atoms with Crippen molar-refractivity contribution < 1.29 is 4.79 Å². The van der Waals surface area contributed by atoms with Crippen LogP contribution in [0.5, 0.6) is 0 Å². The maximum Gasteiger partial charge on any atom is 0.317 e. The minimum atomic E-state index is -0.0456. The lowest BCUT2D eigenvalue weighted by Crippen LogP contribution is -2.51. The van der Waals surface area contributed by atoms with Crippen LogP contribution >= 0.6 is 0 Å². The van der Waals surface area contributed by atoms with Crippen LogP contribution in [-0.2, 0) is 0 Å². The maximum atomic E-state index is 12.6. The molecule has 3 rings (SSSR count). The van der Waals surface area contributed by atoms with E-state index in [9.17, 15) is 4.79 Å². The number of hydrogen-bond donors (Lipinski definition) is 1. The second-order valence-electron chi connectivity index (χ2n) is 6.94. The fourth-order valence-electron chi connectivity index (χ4n) is 3.29. The first-order chi connectivity index (χ1) is 12.0. The highest BCUT2D eigenvalue weighted by Crippen LogP contribution is 2.19. The van der Waals surface area contributed by atoms with Gasteiger partial charge in [0.25, 0.3) is 0 Å². The topological polar surface area (TPSA) is 53.4 Å². The predicted octanol–water partition coefficient (Wildman–Crippen LogP) is 2.67. The molecular weight excluding hydrogens is 314 g/mol. The Morgan fingerprint density at radius 1 is 1.40 bits per heavy atom. The summed E-state index contributed by atoms with van der Waals surface area (Å²) in [6.07, 6.45) is 7.66. The summed E-state index contributed by atoms with van der Waals surface area (Å²) in [5.74, 6) is 0. The Morgan fingerprint density at radius 3 is 2.96 bits per heavy atom. The van der Waals surface area contributed by atoms with Crippen molar-refractivity contribution in [1.82, 2.24) is 24.7 Å². The SMILES string of the molecule is C[C@@H](NC(=O)N1CCC[C@@H](N(C)C)C1)c1cccc(-n2ccnc2)c1. The molecule has 2 aromatic rings. The molecule has 1 aliphatic heterocycles. The van der Waals surface area contributed by atoms with Crippen molar-refractivity contribution in [2.75, 3.05) is 27.2 Å². The van der Waals surface area contributed by atoms with Gasteiger partial charge in [0, 0.05) is 37.2 Å². The lowest BCUT2D eigenvalue weighted by molar-refractivity contribution is 0.138. The molecule has 1 fully saturated rings. The first kappa shape index (κ1) is 17.5. The number of benzene rings is 1. The summed E-state index contributed by atoms with van der Waals surface area (Å²) >= 11 is 0. The minimum absolute atomic E-state index is 0.0204. The van der Waals surface area contributed by atoms with E-state index < -0.39 is 0 Å². The van der Waals surface area contributed by atoms with E-state index in [-0.39, 0.29) is 12.1 Å². The third kappa shape index (κ3) is 4.20. The molecule has 0 unspecified atom stereocenters. The van der Waals surface area contributed by atoms with E-state index in [0.29, 0.717) is 6.04 Å². The van der Waals surface area contributed by atoms with Gasteiger partial charge in [-0.3, -0.25) is 0 Å². The summed E-state index contributed by atoms with van der Waals surface area (Å²) in [4.78, 5) is 20.9. The van der Waals surface area contributed by atoms with Gasteiger partial charge in [0.15, 0.2) is 0 Å². The molecule has 6 heteroatoms. The third-order valence-electron chi connectivity index (χ3n) is 4.93. The number of likely N-dealkylation sites (tertiary alicyclic amines) is 1. The Balaban J connectivity index is 1.64. The van der Waals surface area contributed by atoms with Crippen LogP contribution in [0.1, 0.15) is 31.4 Å². The molecule has 2 atom stereocenters. The Hall–Kier alpha value is -2.34. The van der Waals surface area contributed by atoms with E-state index in [0.717, 1.165) is 37.2 Å². The summed E-state index contributed by atoms with van der Waals surface area (Å²) in [6, 6.07) is 8.60. The number of piperidine rings is 1. The van der Waals surface area contributed by atoms with Gasteiger partial charge in [-0.05, 0) is 51.6 Å². The first-order valence-electron chi connectivity index (χ1n) is 8.85. The van der Waals surface area contributed by atoms with Gasteiger partial charge in [-0.2, -0.15) is 0 Å². The van der Waals surface area contributed by atoms with E-state index in [1.165, 1.54) is 0 Å². The van der Waals surface area contributed by atoms with Gasteiger partial charge >= 0.3 is 6.03 Å². The Kier molecular flexibility index (Phi) is 5.38. The van der Waals surface area contributed by atoms with Gasteiger partial charge in [-0.25, -0.2) is 9.78 Å². The van der Waals surface area contributed by atoms with Crippen LogP contribution in [0.15, 0.2) is 43.0 Å². The van der Waals surface area contributed by atoms with Crippen molar-refractivity contribution in [3.05, 3.63) is 48.5 Å². The van der Waals surface area contributed by atoms with Crippen molar-refractivity contribution in [3.63, 3.8) is 0 Å². The smallest absolute Gasteiger partial charge is 0.317 e. The number of carbonyl (C=O) groups is 1. The molecular formula is C19H27N5O. The molecule has 0 saturated carbocycles. The monoisotopic (exact) mass is 341 g/mol. The first-order valence-corrected chi connectivity index (χ1v) is 8.85. The molecule has 1 N–H and O–H groups in total. The molecule has 6 nitrogen and oxygen atoms in total. The number of aromatic nitrogens is 2. The summed E-state index contributed by atoms with van der Waals surface area (Å²) in [5.41, 5.74) is 2.13. The number of amides is 2.